The Morgan fingerprint density at radius 1 is 1.67 bits per heavy atom. The van der Waals surface area contributed by atoms with Crippen LogP contribution in [0.25, 0.3) is 0 Å². The van der Waals surface area contributed by atoms with Gasteiger partial charge in [-0.25, -0.2) is 0 Å². The molecule has 0 radical (unpaired) electrons. The Balaban J connectivity index is 0.000000640. The van der Waals surface area contributed by atoms with Gasteiger partial charge in [0.1, 0.15) is 0 Å². The fourth-order valence-corrected chi connectivity index (χ4v) is 0.622. The number of nitrogens with one attached hydrogen (secondary N) is 1. The van der Waals surface area contributed by atoms with E-state index in [9.17, 15) is 4.79 Å². The summed E-state index contributed by atoms with van der Waals surface area (Å²) in [4.78, 5) is 10.5. The molecular formula is C5H10ClNO2. The smallest absolute Gasteiger partial charge is 0.311 e. The van der Waals surface area contributed by atoms with Crippen LogP contribution in [0.15, 0.2) is 0 Å². The van der Waals surface area contributed by atoms with Crippen molar-refractivity contribution < 1.29 is 9.53 Å². The maximum absolute atomic E-state index is 10.5. The zero-order valence-corrected chi connectivity index (χ0v) is 6.03. The molecule has 1 N–H and O–H groups in total. The number of carbonyl (C=O) groups excluding carboxylic acids is 1. The highest BCUT2D eigenvalue weighted by molar-refractivity contribution is 5.85. The molecular weight excluding hydrogens is 142 g/mol. The third-order valence-electron chi connectivity index (χ3n) is 1.32. The van der Waals surface area contributed by atoms with Gasteiger partial charge in [-0.1, -0.05) is 0 Å². The lowest BCUT2D eigenvalue weighted by Gasteiger charge is -2.23. The van der Waals surface area contributed by atoms with Crippen molar-refractivity contribution in [3.63, 3.8) is 0 Å². The van der Waals surface area contributed by atoms with Crippen molar-refractivity contribution in [2.24, 2.45) is 5.92 Å². The minimum atomic E-state index is -0.0937. The molecule has 0 aromatic heterocycles. The third-order valence-corrected chi connectivity index (χ3v) is 1.32. The third kappa shape index (κ3) is 1.84. The summed E-state index contributed by atoms with van der Waals surface area (Å²) in [5.74, 6) is 0.0312. The van der Waals surface area contributed by atoms with Crippen molar-refractivity contribution >= 4 is 18.4 Å². The van der Waals surface area contributed by atoms with Gasteiger partial charge in [0, 0.05) is 13.1 Å². The topological polar surface area (TPSA) is 38.3 Å². The van der Waals surface area contributed by atoms with Gasteiger partial charge < -0.3 is 10.1 Å². The number of methoxy groups -OCH3 is 1. The molecule has 0 bridgehead atoms. The van der Waals surface area contributed by atoms with E-state index in [0.717, 1.165) is 13.1 Å². The van der Waals surface area contributed by atoms with Gasteiger partial charge >= 0.3 is 5.97 Å². The molecule has 0 amide bonds. The molecule has 0 aromatic carbocycles. The lowest BCUT2D eigenvalue weighted by Crippen LogP contribution is -2.46. The Morgan fingerprint density at radius 2 is 2.22 bits per heavy atom. The molecule has 0 spiro atoms. The van der Waals surface area contributed by atoms with Crippen LogP contribution in [0.4, 0.5) is 0 Å². The predicted octanol–water partition coefficient (Wildman–Crippen LogP) is -0.199. The van der Waals surface area contributed by atoms with Gasteiger partial charge in [0.25, 0.3) is 0 Å². The molecule has 0 aromatic rings. The number of halogens is 1. The summed E-state index contributed by atoms with van der Waals surface area (Å²) in [5, 5.41) is 2.98. The fraction of sp³-hybridized carbons (Fsp3) is 0.800. The van der Waals surface area contributed by atoms with Crippen LogP contribution in [0.5, 0.6) is 0 Å². The fourth-order valence-electron chi connectivity index (χ4n) is 0.622. The Morgan fingerprint density at radius 3 is 2.33 bits per heavy atom. The lowest BCUT2D eigenvalue weighted by molar-refractivity contribution is -0.147. The molecule has 1 fully saturated rings. The quantitative estimate of drug-likeness (QED) is 0.528. The largest absolute Gasteiger partial charge is 0.469 e. The molecule has 0 atom stereocenters. The van der Waals surface area contributed by atoms with Crippen LogP contribution >= 0.6 is 12.4 Å². The van der Waals surface area contributed by atoms with Crippen molar-refractivity contribution in [3.05, 3.63) is 0 Å². The molecule has 0 aliphatic carbocycles. The second-order valence-electron chi connectivity index (χ2n) is 1.88. The van der Waals surface area contributed by atoms with Gasteiger partial charge in [0.15, 0.2) is 0 Å². The first-order chi connectivity index (χ1) is 3.84. The van der Waals surface area contributed by atoms with Crippen molar-refractivity contribution in [1.82, 2.24) is 5.32 Å². The van der Waals surface area contributed by atoms with Crippen molar-refractivity contribution in [1.29, 1.82) is 0 Å². The monoisotopic (exact) mass is 151 g/mol. The molecule has 1 heterocycles. The van der Waals surface area contributed by atoms with E-state index in [1.807, 2.05) is 0 Å². The highest BCUT2D eigenvalue weighted by Gasteiger charge is 2.24. The zero-order valence-electron chi connectivity index (χ0n) is 5.22. The minimum Gasteiger partial charge on any atom is -0.469 e. The Labute approximate surface area is 60.2 Å². The number of rotatable bonds is 1. The zero-order chi connectivity index (χ0) is 5.98. The first kappa shape index (κ1) is 8.72. The first-order valence-electron chi connectivity index (χ1n) is 2.63. The molecule has 1 rings (SSSR count). The summed E-state index contributed by atoms with van der Waals surface area (Å²) in [6, 6.07) is 0. The number of carbonyl (C=O) groups is 1. The number of hydrogen-bond donors (Lipinski definition) is 1. The van der Waals surface area contributed by atoms with Crippen LogP contribution in [-0.4, -0.2) is 26.2 Å². The second-order valence-corrected chi connectivity index (χ2v) is 1.88. The highest BCUT2D eigenvalue weighted by Crippen LogP contribution is 2.03. The van der Waals surface area contributed by atoms with Crippen LogP contribution < -0.4 is 5.32 Å². The number of ether oxygens (including phenoxy) is 1. The molecule has 0 saturated carbocycles. The van der Waals surface area contributed by atoms with E-state index in [2.05, 4.69) is 10.1 Å². The van der Waals surface area contributed by atoms with Gasteiger partial charge in [-0.15, -0.1) is 12.4 Å². The predicted molar refractivity (Wildman–Crippen MR) is 35.6 cm³/mol. The van der Waals surface area contributed by atoms with Gasteiger partial charge in [-0.05, 0) is 0 Å². The molecule has 0 unspecified atom stereocenters. The molecule has 1 saturated heterocycles. The molecule has 3 nitrogen and oxygen atoms in total. The average molecular weight is 152 g/mol. The van der Waals surface area contributed by atoms with Crippen LogP contribution in [0.3, 0.4) is 0 Å². The van der Waals surface area contributed by atoms with Crippen molar-refractivity contribution in [2.75, 3.05) is 20.2 Å². The molecule has 9 heavy (non-hydrogen) atoms. The Hall–Kier alpha value is -0.280. The molecule has 1 aliphatic heterocycles. The van der Waals surface area contributed by atoms with Gasteiger partial charge in [-0.2, -0.15) is 0 Å². The maximum atomic E-state index is 10.5. The van der Waals surface area contributed by atoms with E-state index in [-0.39, 0.29) is 24.3 Å². The van der Waals surface area contributed by atoms with E-state index >= 15 is 0 Å². The van der Waals surface area contributed by atoms with Gasteiger partial charge in [-0.3, -0.25) is 4.79 Å². The molecule has 1 aliphatic rings. The van der Waals surface area contributed by atoms with E-state index < -0.39 is 0 Å². The van der Waals surface area contributed by atoms with E-state index in [1.54, 1.807) is 0 Å². The van der Waals surface area contributed by atoms with E-state index in [0.29, 0.717) is 0 Å². The number of esters is 1. The summed E-state index contributed by atoms with van der Waals surface area (Å²) < 4.78 is 4.48. The van der Waals surface area contributed by atoms with Crippen LogP contribution in [-0.2, 0) is 9.53 Å². The SMILES string of the molecule is COC(=O)C1CNC1.Cl. The standard InChI is InChI=1S/C5H9NO2.ClH/c1-8-5(7)4-2-6-3-4;/h4,6H,2-3H2,1H3;1H. The summed E-state index contributed by atoms with van der Waals surface area (Å²) in [7, 11) is 1.42. The first-order valence-corrected chi connectivity index (χ1v) is 2.63. The van der Waals surface area contributed by atoms with Crippen molar-refractivity contribution in [2.45, 2.75) is 0 Å². The molecule has 54 valence electrons. The average Bonchev–Trinajstić information content (AvgIpc) is 1.62. The Kier molecular flexibility index (Phi) is 3.58. The second kappa shape index (κ2) is 3.69. The van der Waals surface area contributed by atoms with E-state index in [4.69, 9.17) is 0 Å². The minimum absolute atomic E-state index is 0. The van der Waals surface area contributed by atoms with Gasteiger partial charge in [0.05, 0.1) is 13.0 Å². The Bertz CT molecular complexity index is 103. The van der Waals surface area contributed by atoms with Crippen LogP contribution in [0.2, 0.25) is 0 Å². The van der Waals surface area contributed by atoms with Gasteiger partial charge in [0.2, 0.25) is 0 Å². The van der Waals surface area contributed by atoms with Crippen LogP contribution in [0, 0.1) is 5.92 Å². The molecule has 4 heteroatoms. The van der Waals surface area contributed by atoms with E-state index in [1.165, 1.54) is 7.11 Å². The summed E-state index contributed by atoms with van der Waals surface area (Å²) in [6.45, 7) is 1.57. The van der Waals surface area contributed by atoms with Crippen molar-refractivity contribution in [3.8, 4) is 0 Å². The lowest BCUT2D eigenvalue weighted by atomic mass is 10.0. The van der Waals surface area contributed by atoms with Crippen LogP contribution in [0.1, 0.15) is 0 Å². The normalized spacial score (nSPS) is 17.4. The highest BCUT2D eigenvalue weighted by atomic mass is 35.5. The summed E-state index contributed by atoms with van der Waals surface area (Å²) in [6.07, 6.45) is 0. The summed E-state index contributed by atoms with van der Waals surface area (Å²) >= 11 is 0. The number of hydrogen-bond acceptors (Lipinski definition) is 3. The maximum Gasteiger partial charge on any atom is 0.311 e. The summed E-state index contributed by atoms with van der Waals surface area (Å²) in [5.41, 5.74) is 0.